The molecule has 0 aromatic carbocycles. The average Bonchev–Trinajstić information content (AvgIpc) is 3.12. The van der Waals surface area contributed by atoms with Gasteiger partial charge in [0.05, 0.1) is 6.10 Å². The van der Waals surface area contributed by atoms with Gasteiger partial charge in [-0.1, -0.05) is 25.5 Å². The highest BCUT2D eigenvalue weighted by Gasteiger charge is 2.74. The van der Waals surface area contributed by atoms with Crippen molar-refractivity contribution in [2.45, 2.75) is 64.2 Å². The Hall–Kier alpha value is -1.79. The number of nitrogens with zero attached hydrogens (tertiary/aromatic N) is 1. The fourth-order valence-electron chi connectivity index (χ4n) is 7.81. The first-order valence-electron chi connectivity index (χ1n) is 10.7. The van der Waals surface area contributed by atoms with Crippen molar-refractivity contribution >= 4 is 17.5 Å². The van der Waals surface area contributed by atoms with Gasteiger partial charge in [-0.3, -0.25) is 9.59 Å². The molecule has 4 aliphatic carbocycles. The number of carbonyl (C=O) groups excluding carboxylic acids is 2. The molecule has 0 saturated heterocycles. The molecule has 0 radical (unpaired) electrons. The molecule has 3 saturated carbocycles. The van der Waals surface area contributed by atoms with Crippen LogP contribution in [-0.2, 0) is 14.3 Å². The second kappa shape index (κ2) is 5.88. The molecule has 1 heterocycles. The molecule has 5 rings (SSSR count). The van der Waals surface area contributed by atoms with Gasteiger partial charge in [0.2, 0.25) is 0 Å². The summed E-state index contributed by atoms with van der Waals surface area (Å²) in [7, 11) is 0. The van der Waals surface area contributed by atoms with Gasteiger partial charge >= 0.3 is 0 Å². The van der Waals surface area contributed by atoms with E-state index in [1.54, 1.807) is 19.1 Å². The van der Waals surface area contributed by atoms with Gasteiger partial charge in [0.25, 0.3) is 0 Å². The van der Waals surface area contributed by atoms with Gasteiger partial charge in [-0.25, -0.2) is 4.99 Å². The van der Waals surface area contributed by atoms with Gasteiger partial charge in [-0.2, -0.15) is 0 Å². The minimum absolute atomic E-state index is 0.00453. The lowest BCUT2D eigenvalue weighted by Gasteiger charge is -2.59. The number of allylic oxidation sites excluding steroid dienone is 4. The Kier molecular flexibility index (Phi) is 3.89. The molecule has 2 N–H and O–H groups in total. The van der Waals surface area contributed by atoms with E-state index >= 15 is 0 Å². The third-order valence-electron chi connectivity index (χ3n) is 8.91. The first-order chi connectivity index (χ1) is 13.7. The van der Waals surface area contributed by atoms with Crippen molar-refractivity contribution < 1.29 is 24.5 Å². The SMILES string of the molecule is CC1=N[C@]2(C(=O)CO)[C@@H](CC3C4CCC5=CC(=O)C=C[C@]5(C)C4[C@@H](O)C[C@@]32C)O1. The minimum Gasteiger partial charge on any atom is -0.475 e. The van der Waals surface area contributed by atoms with Crippen molar-refractivity contribution in [3.8, 4) is 0 Å². The summed E-state index contributed by atoms with van der Waals surface area (Å²) in [5.41, 5.74) is -0.915. The maximum Gasteiger partial charge on any atom is 0.190 e. The lowest BCUT2D eigenvalue weighted by Crippen LogP contribution is -2.62. The van der Waals surface area contributed by atoms with Gasteiger partial charge in [-0.05, 0) is 49.7 Å². The zero-order valence-corrected chi connectivity index (χ0v) is 17.2. The molecule has 0 aromatic heterocycles. The number of fused-ring (bicyclic) bond motifs is 7. The molecule has 1 aliphatic heterocycles. The van der Waals surface area contributed by atoms with Crippen LogP contribution in [0.4, 0.5) is 0 Å². The van der Waals surface area contributed by atoms with Crippen molar-refractivity contribution in [1.82, 2.24) is 0 Å². The maximum atomic E-state index is 13.0. The molecule has 5 aliphatic rings. The fourth-order valence-corrected chi connectivity index (χ4v) is 7.81. The molecule has 3 fully saturated rings. The van der Waals surface area contributed by atoms with Crippen LogP contribution in [0.1, 0.15) is 46.5 Å². The fraction of sp³-hybridized carbons (Fsp3) is 0.696. The largest absolute Gasteiger partial charge is 0.475 e. The number of aliphatic hydroxyl groups is 2. The smallest absolute Gasteiger partial charge is 0.190 e. The molecule has 29 heavy (non-hydrogen) atoms. The summed E-state index contributed by atoms with van der Waals surface area (Å²) in [5, 5.41) is 21.2. The molecule has 0 bridgehead atoms. The highest BCUT2D eigenvalue weighted by Crippen LogP contribution is 2.69. The molecule has 0 amide bonds. The van der Waals surface area contributed by atoms with Crippen molar-refractivity contribution in [2.75, 3.05) is 6.61 Å². The number of aliphatic hydroxyl groups excluding tert-OH is 2. The van der Waals surface area contributed by atoms with Crippen molar-refractivity contribution in [2.24, 2.45) is 33.6 Å². The molecule has 0 aromatic rings. The number of hydrogen-bond acceptors (Lipinski definition) is 6. The zero-order valence-electron chi connectivity index (χ0n) is 17.2. The molecular formula is C23H29NO5. The zero-order chi connectivity index (χ0) is 20.8. The van der Waals surface area contributed by atoms with Crippen LogP contribution < -0.4 is 0 Å². The lowest BCUT2D eigenvalue weighted by molar-refractivity contribution is -0.146. The van der Waals surface area contributed by atoms with Crippen molar-refractivity contribution in [1.29, 1.82) is 0 Å². The highest BCUT2D eigenvalue weighted by molar-refractivity contribution is 6.01. The minimum atomic E-state index is -1.11. The Labute approximate surface area is 170 Å². The van der Waals surface area contributed by atoms with Gasteiger partial charge in [-0.15, -0.1) is 0 Å². The summed E-state index contributed by atoms with van der Waals surface area (Å²) >= 11 is 0. The van der Waals surface area contributed by atoms with E-state index < -0.39 is 23.7 Å². The molecule has 3 unspecified atom stereocenters. The third kappa shape index (κ3) is 2.17. The Morgan fingerprint density at radius 3 is 2.86 bits per heavy atom. The Bertz CT molecular complexity index is 890. The van der Waals surface area contributed by atoms with E-state index in [-0.39, 0.29) is 40.8 Å². The predicted octanol–water partition coefficient (Wildman–Crippen LogP) is 1.99. The molecule has 0 spiro atoms. The van der Waals surface area contributed by atoms with E-state index in [9.17, 15) is 19.8 Å². The quantitative estimate of drug-likeness (QED) is 0.740. The second-order valence-corrected chi connectivity index (χ2v) is 10.0. The van der Waals surface area contributed by atoms with Crippen LogP contribution in [0, 0.1) is 28.6 Å². The topological polar surface area (TPSA) is 96.2 Å². The van der Waals surface area contributed by atoms with E-state index in [2.05, 4.69) is 13.8 Å². The summed E-state index contributed by atoms with van der Waals surface area (Å²) in [6.07, 6.45) is 7.20. The monoisotopic (exact) mass is 399 g/mol. The van der Waals surface area contributed by atoms with Crippen LogP contribution >= 0.6 is 0 Å². The van der Waals surface area contributed by atoms with E-state index in [1.165, 1.54) is 0 Å². The third-order valence-corrected chi connectivity index (χ3v) is 8.91. The first kappa shape index (κ1) is 19.2. The second-order valence-electron chi connectivity index (χ2n) is 10.0. The summed E-state index contributed by atoms with van der Waals surface area (Å²) in [6, 6.07) is 0. The molecule has 6 heteroatoms. The van der Waals surface area contributed by atoms with E-state index in [1.807, 2.05) is 6.08 Å². The van der Waals surface area contributed by atoms with Crippen molar-refractivity contribution in [3.05, 3.63) is 23.8 Å². The van der Waals surface area contributed by atoms with Gasteiger partial charge < -0.3 is 14.9 Å². The van der Waals surface area contributed by atoms with Crippen LogP contribution in [0.15, 0.2) is 28.8 Å². The number of hydrogen-bond donors (Lipinski definition) is 2. The van der Waals surface area contributed by atoms with Gasteiger partial charge in [0.1, 0.15) is 12.7 Å². The van der Waals surface area contributed by atoms with Gasteiger partial charge in [0.15, 0.2) is 23.0 Å². The number of carbonyl (C=O) groups is 2. The Balaban J connectivity index is 1.61. The molecule has 8 atom stereocenters. The summed E-state index contributed by atoms with van der Waals surface area (Å²) < 4.78 is 6.00. The van der Waals surface area contributed by atoms with Crippen molar-refractivity contribution in [3.63, 3.8) is 0 Å². The van der Waals surface area contributed by atoms with Crippen LogP contribution in [-0.4, -0.2) is 52.0 Å². The summed E-state index contributed by atoms with van der Waals surface area (Å²) in [6.45, 7) is 5.38. The highest BCUT2D eigenvalue weighted by atomic mass is 16.5. The van der Waals surface area contributed by atoms with E-state index in [4.69, 9.17) is 9.73 Å². The predicted molar refractivity (Wildman–Crippen MR) is 106 cm³/mol. The summed E-state index contributed by atoms with van der Waals surface area (Å²) in [5.74, 6) is 0.570. The van der Waals surface area contributed by atoms with Crippen LogP contribution in [0.3, 0.4) is 0 Å². The Morgan fingerprint density at radius 2 is 2.14 bits per heavy atom. The maximum absolute atomic E-state index is 13.0. The van der Waals surface area contributed by atoms with Crippen LogP contribution in [0.2, 0.25) is 0 Å². The number of ether oxygens (including phenoxy) is 1. The number of rotatable bonds is 2. The number of Topliss-reactive ketones (excluding diaryl/α,β-unsaturated/α-hetero) is 1. The normalized spacial score (nSPS) is 50.0. The van der Waals surface area contributed by atoms with E-state index in [0.717, 1.165) is 18.4 Å². The number of ketones is 2. The molecular weight excluding hydrogens is 370 g/mol. The average molecular weight is 399 g/mol. The molecule has 6 nitrogen and oxygen atoms in total. The van der Waals surface area contributed by atoms with Crippen LogP contribution in [0.25, 0.3) is 0 Å². The first-order valence-corrected chi connectivity index (χ1v) is 10.7. The Morgan fingerprint density at radius 1 is 1.38 bits per heavy atom. The summed E-state index contributed by atoms with van der Waals surface area (Å²) in [4.78, 5) is 29.7. The molecule has 156 valence electrons. The number of aliphatic imine (C=N–C) groups is 1. The standard InChI is InChI=1S/C23H29NO5/c1-12-24-23(18(28)11-25)19(29-12)9-16-15-5-4-13-8-14(26)6-7-21(13,2)20(15)17(27)10-22(16,23)3/h6-8,15-17,19-20,25,27H,4-5,9-11H2,1-3H3/t15?,16?,17-,19+,20?,21-,22-,23+/m0/s1. The van der Waals surface area contributed by atoms with E-state index in [0.29, 0.717) is 18.7 Å². The van der Waals surface area contributed by atoms with Crippen LogP contribution in [0.5, 0.6) is 0 Å². The van der Waals surface area contributed by atoms with Gasteiger partial charge in [0, 0.05) is 23.7 Å². The lowest BCUT2D eigenvalue weighted by atomic mass is 9.46.